The van der Waals surface area contributed by atoms with Crippen molar-refractivity contribution in [3.63, 3.8) is 0 Å². The lowest BCUT2D eigenvalue weighted by Crippen LogP contribution is -2.50. The fourth-order valence-corrected chi connectivity index (χ4v) is 0.990. The summed E-state index contributed by atoms with van der Waals surface area (Å²) in [6, 6.07) is 0. The van der Waals surface area contributed by atoms with Gasteiger partial charge in [-0.3, -0.25) is 0 Å². The third-order valence-electron chi connectivity index (χ3n) is 1.76. The molecule has 0 amide bonds. The molecule has 0 spiro atoms. The van der Waals surface area contributed by atoms with Crippen LogP contribution in [0.5, 0.6) is 0 Å². The van der Waals surface area contributed by atoms with Crippen molar-refractivity contribution >= 4 is 0 Å². The van der Waals surface area contributed by atoms with Crippen LogP contribution in [-0.2, 0) is 0 Å². The first-order valence-corrected chi connectivity index (χ1v) is 3.20. The van der Waals surface area contributed by atoms with E-state index in [0.717, 1.165) is 6.54 Å². The Morgan fingerprint density at radius 2 is 2.44 bits per heavy atom. The number of nitrogens with one attached hydrogen (secondary N) is 1. The third kappa shape index (κ3) is 1.40. The SMILES string of the molecule is C[C@]1(F)CNCC[C@H]1O. The number of rotatable bonds is 0. The van der Waals surface area contributed by atoms with Crippen LogP contribution in [0, 0.1) is 0 Å². The van der Waals surface area contributed by atoms with Gasteiger partial charge in [0.25, 0.3) is 0 Å². The smallest absolute Gasteiger partial charge is 0.146 e. The summed E-state index contributed by atoms with van der Waals surface area (Å²) in [6.07, 6.45) is -0.258. The van der Waals surface area contributed by atoms with E-state index >= 15 is 0 Å². The Bertz CT molecular complexity index is 105. The number of aliphatic hydroxyl groups excluding tert-OH is 1. The first-order chi connectivity index (χ1) is 4.13. The van der Waals surface area contributed by atoms with Gasteiger partial charge in [-0.15, -0.1) is 0 Å². The van der Waals surface area contributed by atoms with Gasteiger partial charge in [0.05, 0.1) is 6.10 Å². The fourth-order valence-electron chi connectivity index (χ4n) is 0.990. The maximum absolute atomic E-state index is 13.0. The molecule has 0 bridgehead atoms. The van der Waals surface area contributed by atoms with Gasteiger partial charge in [0, 0.05) is 6.54 Å². The molecule has 2 nitrogen and oxygen atoms in total. The van der Waals surface area contributed by atoms with E-state index in [1.165, 1.54) is 6.92 Å². The quantitative estimate of drug-likeness (QED) is 0.490. The zero-order valence-electron chi connectivity index (χ0n) is 5.52. The van der Waals surface area contributed by atoms with Crippen molar-refractivity contribution in [3.05, 3.63) is 0 Å². The average molecular weight is 133 g/mol. The number of piperidine rings is 1. The van der Waals surface area contributed by atoms with Crippen LogP contribution in [0.1, 0.15) is 13.3 Å². The van der Waals surface area contributed by atoms with Crippen LogP contribution in [0.3, 0.4) is 0 Å². The Morgan fingerprint density at radius 3 is 2.78 bits per heavy atom. The second-order valence-electron chi connectivity index (χ2n) is 2.76. The van der Waals surface area contributed by atoms with Gasteiger partial charge in [-0.05, 0) is 19.9 Å². The third-order valence-corrected chi connectivity index (χ3v) is 1.76. The zero-order chi connectivity index (χ0) is 6.91. The minimum atomic E-state index is -1.42. The molecule has 0 unspecified atom stereocenters. The summed E-state index contributed by atoms with van der Waals surface area (Å²) in [5.74, 6) is 0. The highest BCUT2D eigenvalue weighted by atomic mass is 19.1. The molecule has 3 heteroatoms. The average Bonchev–Trinajstić information content (AvgIpc) is 1.77. The number of hydrogen-bond acceptors (Lipinski definition) is 2. The normalized spacial score (nSPS) is 45.0. The second-order valence-corrected chi connectivity index (χ2v) is 2.76. The van der Waals surface area contributed by atoms with Crippen molar-refractivity contribution in [1.29, 1.82) is 0 Å². The van der Waals surface area contributed by atoms with Crippen LogP contribution >= 0.6 is 0 Å². The van der Waals surface area contributed by atoms with Gasteiger partial charge in [-0.1, -0.05) is 0 Å². The van der Waals surface area contributed by atoms with Gasteiger partial charge in [0.15, 0.2) is 0 Å². The molecule has 2 atom stereocenters. The fraction of sp³-hybridized carbons (Fsp3) is 1.00. The summed E-state index contributed by atoms with van der Waals surface area (Å²) in [4.78, 5) is 0. The molecule has 2 N–H and O–H groups in total. The Balaban J connectivity index is 2.49. The van der Waals surface area contributed by atoms with Gasteiger partial charge in [-0.2, -0.15) is 0 Å². The molecule has 1 heterocycles. The molecule has 0 aromatic carbocycles. The van der Waals surface area contributed by atoms with Gasteiger partial charge in [-0.25, -0.2) is 4.39 Å². The van der Waals surface area contributed by atoms with Crippen molar-refractivity contribution < 1.29 is 9.50 Å². The lowest BCUT2D eigenvalue weighted by atomic mass is 9.95. The topological polar surface area (TPSA) is 32.3 Å². The van der Waals surface area contributed by atoms with Crippen molar-refractivity contribution in [2.75, 3.05) is 13.1 Å². The van der Waals surface area contributed by atoms with E-state index in [-0.39, 0.29) is 6.54 Å². The van der Waals surface area contributed by atoms with Crippen LogP contribution in [-0.4, -0.2) is 30.0 Å². The largest absolute Gasteiger partial charge is 0.390 e. The maximum Gasteiger partial charge on any atom is 0.146 e. The molecule has 0 aromatic rings. The number of hydrogen-bond donors (Lipinski definition) is 2. The first kappa shape index (κ1) is 6.96. The predicted molar refractivity (Wildman–Crippen MR) is 33.0 cm³/mol. The standard InChI is InChI=1S/C6H12FNO/c1-6(7)4-8-3-2-5(6)9/h5,8-9H,2-4H2,1H3/t5-,6+/m1/s1. The highest BCUT2D eigenvalue weighted by molar-refractivity contribution is 4.88. The summed E-state index contributed by atoms with van der Waals surface area (Å²) in [5.41, 5.74) is -1.42. The van der Waals surface area contributed by atoms with E-state index in [4.69, 9.17) is 5.11 Å². The molecule has 1 aliphatic rings. The summed E-state index contributed by atoms with van der Waals surface area (Å²) in [7, 11) is 0. The molecule has 1 aliphatic heterocycles. The van der Waals surface area contributed by atoms with Crippen LogP contribution < -0.4 is 5.32 Å². The summed E-state index contributed by atoms with van der Waals surface area (Å²) < 4.78 is 13.0. The highest BCUT2D eigenvalue weighted by Crippen LogP contribution is 2.19. The summed E-state index contributed by atoms with van der Waals surface area (Å²) in [5, 5.41) is 11.9. The molecular formula is C6H12FNO. The van der Waals surface area contributed by atoms with E-state index < -0.39 is 11.8 Å². The molecule has 1 rings (SSSR count). The molecule has 0 aliphatic carbocycles. The Kier molecular flexibility index (Phi) is 1.73. The Labute approximate surface area is 54.1 Å². The zero-order valence-corrected chi connectivity index (χ0v) is 5.52. The molecule has 1 fully saturated rings. The van der Waals surface area contributed by atoms with Gasteiger partial charge in [0.1, 0.15) is 5.67 Å². The van der Waals surface area contributed by atoms with E-state index in [9.17, 15) is 4.39 Å². The second kappa shape index (κ2) is 2.23. The molecule has 1 saturated heterocycles. The van der Waals surface area contributed by atoms with Gasteiger partial charge < -0.3 is 10.4 Å². The van der Waals surface area contributed by atoms with Gasteiger partial charge in [0.2, 0.25) is 0 Å². The van der Waals surface area contributed by atoms with Crippen LogP contribution in [0.15, 0.2) is 0 Å². The van der Waals surface area contributed by atoms with Crippen molar-refractivity contribution in [2.45, 2.75) is 25.1 Å². The van der Waals surface area contributed by atoms with E-state index in [0.29, 0.717) is 6.42 Å². The number of aliphatic hydroxyl groups is 1. The number of halogens is 1. The number of alkyl halides is 1. The highest BCUT2D eigenvalue weighted by Gasteiger charge is 2.34. The molecule has 0 radical (unpaired) electrons. The molecule has 0 aromatic heterocycles. The molecule has 54 valence electrons. The Morgan fingerprint density at radius 1 is 1.78 bits per heavy atom. The van der Waals surface area contributed by atoms with E-state index in [1.54, 1.807) is 0 Å². The van der Waals surface area contributed by atoms with Crippen LogP contribution in [0.2, 0.25) is 0 Å². The lowest BCUT2D eigenvalue weighted by molar-refractivity contribution is -0.0166. The van der Waals surface area contributed by atoms with Crippen molar-refractivity contribution in [2.24, 2.45) is 0 Å². The van der Waals surface area contributed by atoms with E-state index in [2.05, 4.69) is 5.32 Å². The predicted octanol–water partition coefficient (Wildman–Crippen LogP) is 0.0688. The van der Waals surface area contributed by atoms with Gasteiger partial charge >= 0.3 is 0 Å². The molecular weight excluding hydrogens is 121 g/mol. The van der Waals surface area contributed by atoms with E-state index in [1.807, 2.05) is 0 Å². The monoisotopic (exact) mass is 133 g/mol. The van der Waals surface area contributed by atoms with Crippen molar-refractivity contribution in [3.8, 4) is 0 Å². The van der Waals surface area contributed by atoms with Crippen LogP contribution in [0.4, 0.5) is 4.39 Å². The summed E-state index contributed by atoms with van der Waals surface area (Å²) >= 11 is 0. The molecule has 0 saturated carbocycles. The Hall–Kier alpha value is -0.150. The minimum Gasteiger partial charge on any atom is -0.390 e. The maximum atomic E-state index is 13.0. The molecule has 9 heavy (non-hydrogen) atoms. The first-order valence-electron chi connectivity index (χ1n) is 3.20. The summed E-state index contributed by atoms with van der Waals surface area (Å²) in [6.45, 7) is 2.42. The minimum absolute atomic E-state index is 0.272. The van der Waals surface area contributed by atoms with Crippen LogP contribution in [0.25, 0.3) is 0 Å². The van der Waals surface area contributed by atoms with Crippen molar-refractivity contribution in [1.82, 2.24) is 5.32 Å². The lowest BCUT2D eigenvalue weighted by Gasteiger charge is -2.31.